The summed E-state index contributed by atoms with van der Waals surface area (Å²) in [4.78, 5) is 0. The smallest absolute Gasteiger partial charge is 0.203 e. The number of benzene rings is 1. The topological polar surface area (TPSA) is 73.9 Å². The van der Waals surface area contributed by atoms with Crippen LogP contribution in [0, 0.1) is 0 Å². The standard InChI is InChI=1S/C12H17NO4/c1-12(2)11(13)8-6(17-12)5-7(15-3)10(16-4)9(8)14/h5,11,14H,13H2,1-4H3. The Kier molecular flexibility index (Phi) is 2.58. The largest absolute Gasteiger partial charge is 0.504 e. The lowest BCUT2D eigenvalue weighted by molar-refractivity contribution is 0.111. The third-order valence-corrected chi connectivity index (χ3v) is 3.08. The molecule has 5 heteroatoms. The molecule has 2 rings (SSSR count). The quantitative estimate of drug-likeness (QED) is 0.819. The molecule has 1 aromatic rings. The molecule has 17 heavy (non-hydrogen) atoms. The number of fused-ring (bicyclic) bond motifs is 1. The van der Waals surface area contributed by atoms with Crippen LogP contribution in [-0.4, -0.2) is 24.9 Å². The van der Waals surface area contributed by atoms with Crippen LogP contribution in [0.5, 0.6) is 23.0 Å². The van der Waals surface area contributed by atoms with Gasteiger partial charge >= 0.3 is 0 Å². The number of rotatable bonds is 2. The molecule has 1 unspecified atom stereocenters. The number of aromatic hydroxyl groups is 1. The minimum Gasteiger partial charge on any atom is -0.504 e. The van der Waals surface area contributed by atoms with Crippen LogP contribution >= 0.6 is 0 Å². The summed E-state index contributed by atoms with van der Waals surface area (Å²) in [6.07, 6.45) is 0. The Morgan fingerprint density at radius 1 is 1.35 bits per heavy atom. The number of phenols is 1. The van der Waals surface area contributed by atoms with Crippen molar-refractivity contribution in [2.75, 3.05) is 14.2 Å². The Hall–Kier alpha value is -1.62. The SMILES string of the molecule is COc1cc2c(c(O)c1OC)C(N)C(C)(C)O2. The fourth-order valence-electron chi connectivity index (χ4n) is 2.05. The summed E-state index contributed by atoms with van der Waals surface area (Å²) in [5, 5.41) is 10.2. The van der Waals surface area contributed by atoms with Crippen molar-refractivity contribution < 1.29 is 19.3 Å². The fourth-order valence-corrected chi connectivity index (χ4v) is 2.05. The van der Waals surface area contributed by atoms with Gasteiger partial charge in [0, 0.05) is 6.07 Å². The van der Waals surface area contributed by atoms with Gasteiger partial charge in [-0.1, -0.05) is 0 Å². The van der Waals surface area contributed by atoms with Crippen LogP contribution in [0.25, 0.3) is 0 Å². The molecule has 0 saturated carbocycles. The molecule has 0 radical (unpaired) electrons. The molecule has 0 spiro atoms. The molecule has 1 aliphatic rings. The van der Waals surface area contributed by atoms with Gasteiger partial charge in [0.1, 0.15) is 11.4 Å². The lowest BCUT2D eigenvalue weighted by Crippen LogP contribution is -2.35. The summed E-state index contributed by atoms with van der Waals surface area (Å²) >= 11 is 0. The first kappa shape index (κ1) is 11.9. The summed E-state index contributed by atoms with van der Waals surface area (Å²) in [7, 11) is 2.97. The van der Waals surface area contributed by atoms with Gasteiger partial charge in [-0.15, -0.1) is 0 Å². The van der Waals surface area contributed by atoms with Gasteiger partial charge < -0.3 is 25.1 Å². The maximum Gasteiger partial charge on any atom is 0.203 e. The average molecular weight is 239 g/mol. The van der Waals surface area contributed by atoms with E-state index >= 15 is 0 Å². The lowest BCUT2D eigenvalue weighted by Gasteiger charge is -2.22. The van der Waals surface area contributed by atoms with E-state index in [1.165, 1.54) is 14.2 Å². The minimum atomic E-state index is -0.558. The molecule has 1 atom stereocenters. The van der Waals surface area contributed by atoms with E-state index in [2.05, 4.69) is 0 Å². The van der Waals surface area contributed by atoms with Crippen LogP contribution in [0.15, 0.2) is 6.07 Å². The van der Waals surface area contributed by atoms with E-state index < -0.39 is 11.6 Å². The normalized spacial score (nSPS) is 20.6. The fraction of sp³-hybridized carbons (Fsp3) is 0.500. The molecule has 0 bridgehead atoms. The van der Waals surface area contributed by atoms with Crippen LogP contribution in [-0.2, 0) is 0 Å². The van der Waals surface area contributed by atoms with Gasteiger partial charge in [0.2, 0.25) is 5.75 Å². The monoisotopic (exact) mass is 239 g/mol. The van der Waals surface area contributed by atoms with E-state index in [1.54, 1.807) is 6.07 Å². The zero-order chi connectivity index (χ0) is 12.8. The predicted molar refractivity (Wildman–Crippen MR) is 62.8 cm³/mol. The average Bonchev–Trinajstić information content (AvgIpc) is 2.49. The predicted octanol–water partition coefficient (Wildman–Crippen LogP) is 1.58. The van der Waals surface area contributed by atoms with E-state index in [-0.39, 0.29) is 11.5 Å². The second kappa shape index (κ2) is 3.70. The maximum absolute atomic E-state index is 10.2. The van der Waals surface area contributed by atoms with Crippen LogP contribution in [0.2, 0.25) is 0 Å². The van der Waals surface area contributed by atoms with Gasteiger partial charge in [-0.25, -0.2) is 0 Å². The zero-order valence-corrected chi connectivity index (χ0v) is 10.4. The summed E-state index contributed by atoms with van der Waals surface area (Å²) in [6.45, 7) is 3.74. The Labute approximate surface area is 100 Å². The molecule has 0 aliphatic carbocycles. The summed E-state index contributed by atoms with van der Waals surface area (Å²) < 4.78 is 16.0. The second-order valence-corrected chi connectivity index (χ2v) is 4.56. The van der Waals surface area contributed by atoms with E-state index in [0.717, 1.165) is 0 Å². The maximum atomic E-state index is 10.2. The number of nitrogens with two attached hydrogens (primary N) is 1. The van der Waals surface area contributed by atoms with Crippen molar-refractivity contribution in [3.8, 4) is 23.0 Å². The van der Waals surface area contributed by atoms with Gasteiger partial charge in [0.05, 0.1) is 25.8 Å². The van der Waals surface area contributed by atoms with Crippen molar-refractivity contribution in [2.45, 2.75) is 25.5 Å². The number of ether oxygens (including phenoxy) is 3. The molecule has 0 amide bonds. The first-order valence-corrected chi connectivity index (χ1v) is 5.34. The number of hydrogen-bond acceptors (Lipinski definition) is 5. The van der Waals surface area contributed by atoms with Crippen LogP contribution in [0.1, 0.15) is 25.5 Å². The minimum absolute atomic E-state index is 0.0140. The summed E-state index contributed by atoms with van der Waals surface area (Å²) in [5.41, 5.74) is 6.06. The van der Waals surface area contributed by atoms with Crippen molar-refractivity contribution in [3.05, 3.63) is 11.6 Å². The molecule has 1 heterocycles. The summed E-state index contributed by atoms with van der Waals surface area (Å²) in [5.74, 6) is 1.23. The molecule has 5 nitrogen and oxygen atoms in total. The highest BCUT2D eigenvalue weighted by atomic mass is 16.5. The number of phenolic OH excluding ortho intramolecular Hbond substituents is 1. The Balaban J connectivity index is 2.64. The van der Waals surface area contributed by atoms with Crippen molar-refractivity contribution >= 4 is 0 Å². The van der Waals surface area contributed by atoms with Gasteiger partial charge in [-0.3, -0.25) is 0 Å². The molecule has 0 fully saturated rings. The molecule has 0 aromatic heterocycles. The molecule has 94 valence electrons. The highest BCUT2D eigenvalue weighted by Gasteiger charge is 2.42. The van der Waals surface area contributed by atoms with Crippen molar-refractivity contribution in [1.82, 2.24) is 0 Å². The van der Waals surface area contributed by atoms with E-state index in [4.69, 9.17) is 19.9 Å². The zero-order valence-electron chi connectivity index (χ0n) is 10.4. The molecule has 1 aliphatic heterocycles. The van der Waals surface area contributed by atoms with Gasteiger partial charge in [-0.2, -0.15) is 0 Å². The van der Waals surface area contributed by atoms with E-state index in [0.29, 0.717) is 17.1 Å². The molecule has 1 aromatic carbocycles. The number of methoxy groups -OCH3 is 2. The highest BCUT2D eigenvalue weighted by molar-refractivity contribution is 5.64. The summed E-state index contributed by atoms with van der Waals surface area (Å²) in [6, 6.07) is 1.28. The Morgan fingerprint density at radius 2 is 2.00 bits per heavy atom. The Bertz CT molecular complexity index is 456. The molecular formula is C12H17NO4. The van der Waals surface area contributed by atoms with Crippen molar-refractivity contribution in [2.24, 2.45) is 5.73 Å². The number of hydrogen-bond donors (Lipinski definition) is 2. The molecule has 0 saturated heterocycles. The van der Waals surface area contributed by atoms with Crippen LogP contribution in [0.3, 0.4) is 0 Å². The van der Waals surface area contributed by atoms with E-state index in [9.17, 15) is 5.11 Å². The Morgan fingerprint density at radius 3 is 2.53 bits per heavy atom. The lowest BCUT2D eigenvalue weighted by atomic mass is 9.94. The van der Waals surface area contributed by atoms with Gasteiger partial charge in [-0.05, 0) is 13.8 Å². The first-order chi connectivity index (χ1) is 7.92. The van der Waals surface area contributed by atoms with Crippen molar-refractivity contribution in [3.63, 3.8) is 0 Å². The second-order valence-electron chi connectivity index (χ2n) is 4.56. The molecular weight excluding hydrogens is 222 g/mol. The van der Waals surface area contributed by atoms with Gasteiger partial charge in [0.25, 0.3) is 0 Å². The van der Waals surface area contributed by atoms with Gasteiger partial charge in [0.15, 0.2) is 11.5 Å². The van der Waals surface area contributed by atoms with Crippen molar-refractivity contribution in [1.29, 1.82) is 0 Å². The third kappa shape index (κ3) is 1.58. The third-order valence-electron chi connectivity index (χ3n) is 3.08. The molecule has 3 N–H and O–H groups in total. The first-order valence-electron chi connectivity index (χ1n) is 5.34. The van der Waals surface area contributed by atoms with Crippen LogP contribution in [0.4, 0.5) is 0 Å². The van der Waals surface area contributed by atoms with Crippen LogP contribution < -0.4 is 19.9 Å². The highest BCUT2D eigenvalue weighted by Crippen LogP contribution is 2.53. The van der Waals surface area contributed by atoms with E-state index in [1.807, 2.05) is 13.8 Å².